The lowest BCUT2D eigenvalue weighted by molar-refractivity contribution is 0.124. The Bertz CT molecular complexity index is 380. The monoisotopic (exact) mass is 267 g/mol. The molecule has 1 saturated carbocycles. The SMILES string of the molecule is CCC(C)=NOC(=O)NC1CC(C)(C)CC2(CN2)C1. The van der Waals surface area contributed by atoms with Gasteiger partial charge in [0.1, 0.15) is 0 Å². The van der Waals surface area contributed by atoms with Crippen LogP contribution in [0.25, 0.3) is 0 Å². The molecule has 1 aliphatic carbocycles. The van der Waals surface area contributed by atoms with E-state index in [9.17, 15) is 4.79 Å². The van der Waals surface area contributed by atoms with Crippen LogP contribution in [0.15, 0.2) is 5.16 Å². The normalized spacial score (nSPS) is 33.1. The number of nitrogens with zero attached hydrogens (tertiary/aromatic N) is 1. The molecule has 5 nitrogen and oxygen atoms in total. The first kappa shape index (κ1) is 14.3. The van der Waals surface area contributed by atoms with Crippen molar-refractivity contribution in [2.45, 2.75) is 65.0 Å². The Balaban J connectivity index is 1.86. The van der Waals surface area contributed by atoms with Gasteiger partial charge in [0.2, 0.25) is 0 Å². The van der Waals surface area contributed by atoms with Crippen molar-refractivity contribution in [2.75, 3.05) is 6.54 Å². The second kappa shape index (κ2) is 5.12. The lowest BCUT2D eigenvalue weighted by atomic mass is 9.69. The Kier molecular flexibility index (Phi) is 3.85. The van der Waals surface area contributed by atoms with Crippen molar-refractivity contribution in [3.8, 4) is 0 Å². The van der Waals surface area contributed by atoms with Crippen LogP contribution in [0.2, 0.25) is 0 Å². The van der Waals surface area contributed by atoms with E-state index in [2.05, 4.69) is 29.6 Å². The highest BCUT2D eigenvalue weighted by atomic mass is 16.7. The molecule has 0 aromatic carbocycles. The van der Waals surface area contributed by atoms with Crippen molar-refractivity contribution >= 4 is 11.8 Å². The molecule has 1 saturated heterocycles. The van der Waals surface area contributed by atoms with Crippen LogP contribution in [0.5, 0.6) is 0 Å². The zero-order chi connectivity index (χ0) is 14.1. The predicted octanol–water partition coefficient (Wildman–Crippen LogP) is 2.42. The Morgan fingerprint density at radius 2 is 2.16 bits per heavy atom. The van der Waals surface area contributed by atoms with E-state index in [4.69, 9.17) is 4.84 Å². The molecule has 0 bridgehead atoms. The minimum Gasteiger partial charge on any atom is -0.317 e. The maximum Gasteiger partial charge on any atom is 0.433 e. The van der Waals surface area contributed by atoms with E-state index in [1.54, 1.807) is 0 Å². The largest absolute Gasteiger partial charge is 0.433 e. The van der Waals surface area contributed by atoms with Crippen LogP contribution in [0.3, 0.4) is 0 Å². The van der Waals surface area contributed by atoms with Crippen LogP contribution >= 0.6 is 0 Å². The maximum absolute atomic E-state index is 11.7. The highest BCUT2D eigenvalue weighted by Crippen LogP contribution is 2.45. The standard InChI is InChI=1S/C14H25N3O2/c1-5-10(2)17-19-12(18)16-11-6-13(3,4)8-14(7-11)9-15-14/h11,15H,5-9H2,1-4H3,(H,16,18). The molecule has 0 radical (unpaired) electrons. The first-order chi connectivity index (χ1) is 8.84. The average molecular weight is 267 g/mol. The minimum absolute atomic E-state index is 0.170. The molecular formula is C14H25N3O2. The fourth-order valence-corrected chi connectivity index (χ4v) is 3.14. The number of rotatable bonds is 3. The first-order valence-corrected chi connectivity index (χ1v) is 7.10. The highest BCUT2D eigenvalue weighted by Gasteiger charge is 2.51. The van der Waals surface area contributed by atoms with Crippen molar-refractivity contribution in [1.29, 1.82) is 0 Å². The molecule has 0 aromatic rings. The van der Waals surface area contributed by atoms with Crippen LogP contribution < -0.4 is 10.6 Å². The molecule has 2 rings (SSSR count). The number of carbonyl (C=O) groups excluding carboxylic acids is 1. The average Bonchev–Trinajstić information content (AvgIpc) is 3.02. The van der Waals surface area contributed by atoms with E-state index in [0.717, 1.165) is 31.5 Å². The molecule has 2 aliphatic rings. The summed E-state index contributed by atoms with van der Waals surface area (Å²) in [5, 5.41) is 10.2. The van der Waals surface area contributed by atoms with E-state index < -0.39 is 6.09 Å². The maximum atomic E-state index is 11.7. The van der Waals surface area contributed by atoms with Crippen LogP contribution in [0.1, 0.15) is 53.4 Å². The van der Waals surface area contributed by atoms with E-state index in [0.29, 0.717) is 0 Å². The number of carbonyl (C=O) groups is 1. The molecule has 5 heteroatoms. The topological polar surface area (TPSA) is 72.6 Å². The van der Waals surface area contributed by atoms with Gasteiger partial charge < -0.3 is 10.6 Å². The Morgan fingerprint density at radius 3 is 2.74 bits per heavy atom. The smallest absolute Gasteiger partial charge is 0.317 e. The van der Waals surface area contributed by atoms with E-state index in [-0.39, 0.29) is 17.0 Å². The summed E-state index contributed by atoms with van der Waals surface area (Å²) in [7, 11) is 0. The molecule has 2 atom stereocenters. The van der Waals surface area contributed by atoms with E-state index >= 15 is 0 Å². The van der Waals surface area contributed by atoms with Gasteiger partial charge in [0, 0.05) is 18.1 Å². The molecule has 108 valence electrons. The fraction of sp³-hybridized carbons (Fsp3) is 0.857. The molecule has 2 unspecified atom stereocenters. The molecule has 1 heterocycles. The van der Waals surface area contributed by atoms with Gasteiger partial charge in [-0.25, -0.2) is 4.79 Å². The number of hydrogen-bond acceptors (Lipinski definition) is 4. The summed E-state index contributed by atoms with van der Waals surface area (Å²) in [6.45, 7) is 9.41. The quantitative estimate of drug-likeness (QED) is 0.357. The zero-order valence-corrected chi connectivity index (χ0v) is 12.4. The molecule has 19 heavy (non-hydrogen) atoms. The molecule has 0 aromatic heterocycles. The van der Waals surface area contributed by atoms with Crippen molar-refractivity contribution in [3.63, 3.8) is 0 Å². The molecule has 1 aliphatic heterocycles. The number of amides is 1. The molecule has 2 N–H and O–H groups in total. The Hall–Kier alpha value is -1.10. The summed E-state index contributed by atoms with van der Waals surface area (Å²) >= 11 is 0. The lowest BCUT2D eigenvalue weighted by Gasteiger charge is -2.39. The van der Waals surface area contributed by atoms with Crippen molar-refractivity contribution in [2.24, 2.45) is 10.6 Å². The van der Waals surface area contributed by atoms with Gasteiger partial charge in [-0.3, -0.25) is 4.84 Å². The van der Waals surface area contributed by atoms with Crippen molar-refractivity contribution in [3.05, 3.63) is 0 Å². The summed E-state index contributed by atoms with van der Waals surface area (Å²) in [6.07, 6.45) is 3.51. The third-order valence-corrected chi connectivity index (χ3v) is 4.05. The predicted molar refractivity (Wildman–Crippen MR) is 75.2 cm³/mol. The van der Waals surface area contributed by atoms with Gasteiger partial charge in [-0.2, -0.15) is 0 Å². The summed E-state index contributed by atoms with van der Waals surface area (Å²) < 4.78 is 0. The van der Waals surface area contributed by atoms with Crippen LogP contribution in [-0.2, 0) is 4.84 Å². The molecule has 1 spiro atoms. The Morgan fingerprint density at radius 1 is 1.47 bits per heavy atom. The van der Waals surface area contributed by atoms with Gasteiger partial charge in [-0.15, -0.1) is 0 Å². The van der Waals surface area contributed by atoms with E-state index in [1.165, 1.54) is 6.42 Å². The highest BCUT2D eigenvalue weighted by molar-refractivity contribution is 5.81. The number of hydrogen-bond donors (Lipinski definition) is 2. The zero-order valence-electron chi connectivity index (χ0n) is 12.4. The Labute approximate surface area is 115 Å². The first-order valence-electron chi connectivity index (χ1n) is 7.10. The van der Waals surface area contributed by atoms with Crippen LogP contribution in [0, 0.1) is 5.41 Å². The van der Waals surface area contributed by atoms with Crippen LogP contribution in [0.4, 0.5) is 4.79 Å². The fourth-order valence-electron chi connectivity index (χ4n) is 3.14. The molecular weight excluding hydrogens is 242 g/mol. The van der Waals surface area contributed by atoms with E-state index in [1.807, 2.05) is 13.8 Å². The van der Waals surface area contributed by atoms with Crippen molar-refractivity contribution < 1.29 is 9.63 Å². The second-order valence-corrected chi connectivity index (χ2v) is 6.78. The van der Waals surface area contributed by atoms with Crippen molar-refractivity contribution in [1.82, 2.24) is 10.6 Å². The molecule has 2 fully saturated rings. The van der Waals surface area contributed by atoms with Crippen LogP contribution in [-0.4, -0.2) is 29.9 Å². The number of nitrogens with one attached hydrogen (secondary N) is 2. The van der Waals surface area contributed by atoms with Gasteiger partial charge in [-0.1, -0.05) is 25.9 Å². The van der Waals surface area contributed by atoms with Gasteiger partial charge in [0.25, 0.3) is 0 Å². The number of oxime groups is 1. The third kappa shape index (κ3) is 3.93. The van der Waals surface area contributed by atoms with Gasteiger partial charge >= 0.3 is 6.09 Å². The summed E-state index contributed by atoms with van der Waals surface area (Å²) in [5.41, 5.74) is 1.32. The lowest BCUT2D eigenvalue weighted by Crippen LogP contribution is -2.47. The van der Waals surface area contributed by atoms with Gasteiger partial charge in [0.15, 0.2) is 0 Å². The summed E-state index contributed by atoms with van der Waals surface area (Å²) in [5.74, 6) is 0. The van der Waals surface area contributed by atoms with Gasteiger partial charge in [-0.05, 0) is 38.0 Å². The summed E-state index contributed by atoms with van der Waals surface area (Å²) in [6, 6.07) is 0.170. The second-order valence-electron chi connectivity index (χ2n) is 6.78. The molecule has 1 amide bonds. The van der Waals surface area contributed by atoms with Gasteiger partial charge in [0.05, 0.1) is 5.71 Å². The third-order valence-electron chi connectivity index (χ3n) is 4.05. The minimum atomic E-state index is -0.439. The summed E-state index contributed by atoms with van der Waals surface area (Å²) in [4.78, 5) is 16.6.